The molecule has 2 amide bonds. The van der Waals surface area contributed by atoms with Crippen molar-refractivity contribution >= 4 is 17.5 Å². The number of nitrogen functional groups attached to an aromatic ring is 1. The fourth-order valence-corrected chi connectivity index (χ4v) is 2.42. The summed E-state index contributed by atoms with van der Waals surface area (Å²) in [6.45, 7) is 6.74. The fourth-order valence-electron chi connectivity index (χ4n) is 2.42. The highest BCUT2D eigenvalue weighted by Gasteiger charge is 2.03. The number of rotatable bonds is 19. The summed E-state index contributed by atoms with van der Waals surface area (Å²) in [5.74, 6) is -0.0801. The highest BCUT2D eigenvalue weighted by Crippen LogP contribution is 2.04. The number of hydrogen-bond donors (Lipinski definition) is 3. The summed E-state index contributed by atoms with van der Waals surface area (Å²) in [6, 6.07) is 6.75. The number of unbranched alkanes of at least 4 members (excludes halogenated alkanes) is 1. The Kier molecular flexibility index (Phi) is 16.1. The van der Waals surface area contributed by atoms with Crippen LogP contribution >= 0.6 is 0 Å². The van der Waals surface area contributed by atoms with Crippen LogP contribution in [0.4, 0.5) is 5.69 Å². The molecule has 0 aliphatic rings. The quantitative estimate of drug-likeness (QED) is 0.220. The third-order valence-electron chi connectivity index (χ3n) is 4.15. The molecule has 0 bridgehead atoms. The second kappa shape index (κ2) is 18.6. The van der Waals surface area contributed by atoms with Gasteiger partial charge in [-0.3, -0.25) is 9.59 Å². The summed E-state index contributed by atoms with van der Waals surface area (Å²) in [5.41, 5.74) is 6.78. The van der Waals surface area contributed by atoms with E-state index in [0.717, 1.165) is 12.8 Å². The normalized spacial score (nSPS) is 10.7. The third kappa shape index (κ3) is 15.3. The summed E-state index contributed by atoms with van der Waals surface area (Å²) in [5, 5.41) is 5.59. The second-order valence-electron chi connectivity index (χ2n) is 6.78. The van der Waals surface area contributed by atoms with Crippen molar-refractivity contribution in [2.24, 2.45) is 0 Å². The molecule has 9 heteroatoms. The van der Waals surface area contributed by atoms with E-state index >= 15 is 0 Å². The van der Waals surface area contributed by atoms with E-state index in [1.54, 1.807) is 24.3 Å². The van der Waals surface area contributed by atoms with Gasteiger partial charge in [-0.05, 0) is 30.7 Å². The minimum Gasteiger partial charge on any atom is -0.399 e. The Morgan fingerprint density at radius 2 is 1.26 bits per heavy atom. The number of hydrogen-bond acceptors (Lipinski definition) is 7. The van der Waals surface area contributed by atoms with E-state index in [0.29, 0.717) is 83.6 Å². The summed E-state index contributed by atoms with van der Waals surface area (Å²) >= 11 is 0. The van der Waals surface area contributed by atoms with Crippen molar-refractivity contribution in [3.63, 3.8) is 0 Å². The number of anilines is 1. The van der Waals surface area contributed by atoms with Gasteiger partial charge in [-0.1, -0.05) is 13.3 Å². The number of carbonyl (C=O) groups excluding carboxylic acids is 2. The average molecular weight is 440 g/mol. The minimum atomic E-state index is -0.155. The van der Waals surface area contributed by atoms with Crippen LogP contribution in [0, 0.1) is 0 Å². The van der Waals surface area contributed by atoms with Gasteiger partial charge in [-0.2, -0.15) is 0 Å². The summed E-state index contributed by atoms with van der Waals surface area (Å²) in [6.07, 6.45) is 2.51. The van der Waals surface area contributed by atoms with Crippen molar-refractivity contribution in [3.05, 3.63) is 29.8 Å². The number of nitrogens with two attached hydrogens (primary N) is 1. The number of nitrogens with one attached hydrogen (secondary N) is 2. The van der Waals surface area contributed by atoms with Gasteiger partial charge in [0.2, 0.25) is 5.91 Å². The van der Waals surface area contributed by atoms with Crippen LogP contribution < -0.4 is 16.4 Å². The van der Waals surface area contributed by atoms with Crippen LogP contribution in [0.2, 0.25) is 0 Å². The predicted octanol–water partition coefficient (Wildman–Crippen LogP) is 1.37. The van der Waals surface area contributed by atoms with Gasteiger partial charge in [0.15, 0.2) is 0 Å². The number of ether oxygens (including phenoxy) is 4. The lowest BCUT2D eigenvalue weighted by Crippen LogP contribution is -2.27. The lowest BCUT2D eigenvalue weighted by Gasteiger charge is -2.08. The summed E-state index contributed by atoms with van der Waals surface area (Å²) in [7, 11) is 0. The van der Waals surface area contributed by atoms with E-state index in [9.17, 15) is 9.59 Å². The first-order chi connectivity index (χ1) is 15.1. The molecule has 0 unspecified atom stereocenters. The molecule has 0 aliphatic heterocycles. The van der Waals surface area contributed by atoms with Gasteiger partial charge >= 0.3 is 0 Å². The molecule has 1 rings (SSSR count). The highest BCUT2D eigenvalue weighted by atomic mass is 16.6. The number of benzene rings is 1. The molecule has 0 aromatic heterocycles. The highest BCUT2D eigenvalue weighted by molar-refractivity contribution is 5.94. The monoisotopic (exact) mass is 439 g/mol. The molecule has 0 spiro atoms. The van der Waals surface area contributed by atoms with E-state index in [4.69, 9.17) is 24.7 Å². The van der Waals surface area contributed by atoms with Crippen LogP contribution in [0.25, 0.3) is 0 Å². The van der Waals surface area contributed by atoms with Crippen molar-refractivity contribution < 1.29 is 28.5 Å². The smallest absolute Gasteiger partial charge is 0.251 e. The van der Waals surface area contributed by atoms with Crippen molar-refractivity contribution in [3.8, 4) is 0 Å². The largest absolute Gasteiger partial charge is 0.399 e. The van der Waals surface area contributed by atoms with Crippen LogP contribution in [0.5, 0.6) is 0 Å². The zero-order chi connectivity index (χ0) is 22.6. The predicted molar refractivity (Wildman–Crippen MR) is 119 cm³/mol. The van der Waals surface area contributed by atoms with E-state index in [2.05, 4.69) is 17.6 Å². The van der Waals surface area contributed by atoms with E-state index in [1.807, 2.05) is 0 Å². The molecule has 31 heavy (non-hydrogen) atoms. The van der Waals surface area contributed by atoms with Gasteiger partial charge in [0.1, 0.15) is 0 Å². The van der Waals surface area contributed by atoms with Crippen molar-refractivity contribution in [1.29, 1.82) is 0 Å². The van der Waals surface area contributed by atoms with Gasteiger partial charge in [0.05, 0.1) is 52.9 Å². The van der Waals surface area contributed by atoms with E-state index in [1.165, 1.54) is 0 Å². The Labute approximate surface area is 184 Å². The Bertz CT molecular complexity index is 597. The maximum absolute atomic E-state index is 11.9. The van der Waals surface area contributed by atoms with E-state index < -0.39 is 0 Å². The average Bonchev–Trinajstić information content (AvgIpc) is 2.77. The maximum Gasteiger partial charge on any atom is 0.251 e. The maximum atomic E-state index is 11.9. The van der Waals surface area contributed by atoms with Crippen molar-refractivity contribution in [2.45, 2.75) is 26.2 Å². The topological polar surface area (TPSA) is 121 Å². The summed E-state index contributed by atoms with van der Waals surface area (Å²) in [4.78, 5) is 23.3. The second-order valence-corrected chi connectivity index (χ2v) is 6.78. The van der Waals surface area contributed by atoms with Crippen LogP contribution in [0.15, 0.2) is 24.3 Å². The Morgan fingerprint density at radius 3 is 1.77 bits per heavy atom. The van der Waals surface area contributed by atoms with Crippen molar-refractivity contribution in [2.75, 3.05) is 71.7 Å². The summed E-state index contributed by atoms with van der Waals surface area (Å²) < 4.78 is 21.6. The molecule has 1 aromatic carbocycles. The molecule has 0 atom stereocenters. The molecule has 176 valence electrons. The molecule has 4 N–H and O–H groups in total. The first-order valence-electron chi connectivity index (χ1n) is 10.8. The van der Waals surface area contributed by atoms with E-state index in [-0.39, 0.29) is 11.8 Å². The molecule has 0 aliphatic carbocycles. The molecule has 1 aromatic rings. The van der Waals surface area contributed by atoms with Crippen LogP contribution in [0.1, 0.15) is 36.5 Å². The van der Waals surface area contributed by atoms with Crippen LogP contribution in [-0.4, -0.2) is 77.8 Å². The molecule has 9 nitrogen and oxygen atoms in total. The molecular weight excluding hydrogens is 402 g/mol. The molecule has 0 saturated carbocycles. The lowest BCUT2D eigenvalue weighted by atomic mass is 10.2. The molecular formula is C22H37N3O6. The Balaban J connectivity index is 1.78. The van der Waals surface area contributed by atoms with Gasteiger partial charge in [0, 0.05) is 30.8 Å². The Hall–Kier alpha value is -2.20. The third-order valence-corrected chi connectivity index (χ3v) is 4.15. The molecule has 0 radical (unpaired) electrons. The van der Waals surface area contributed by atoms with Crippen LogP contribution in [-0.2, 0) is 23.7 Å². The minimum absolute atomic E-state index is 0.0748. The van der Waals surface area contributed by atoms with Crippen LogP contribution in [0.3, 0.4) is 0 Å². The number of amides is 2. The first-order valence-corrected chi connectivity index (χ1v) is 10.8. The molecule has 0 heterocycles. The van der Waals surface area contributed by atoms with Gasteiger partial charge in [-0.15, -0.1) is 0 Å². The van der Waals surface area contributed by atoms with Gasteiger partial charge in [0.25, 0.3) is 5.91 Å². The zero-order valence-corrected chi connectivity index (χ0v) is 18.5. The van der Waals surface area contributed by atoms with Gasteiger partial charge < -0.3 is 35.3 Å². The number of carbonyl (C=O) groups is 2. The SMILES string of the molecule is CCCCC(=O)NCCOCCOCCOCCOCCNC(=O)c1ccc(N)cc1. The van der Waals surface area contributed by atoms with Crippen molar-refractivity contribution in [1.82, 2.24) is 10.6 Å². The Morgan fingerprint density at radius 1 is 0.774 bits per heavy atom. The fraction of sp³-hybridized carbons (Fsp3) is 0.636. The molecule has 0 fully saturated rings. The van der Waals surface area contributed by atoms with Gasteiger partial charge in [-0.25, -0.2) is 0 Å². The molecule has 0 saturated heterocycles. The lowest BCUT2D eigenvalue weighted by molar-refractivity contribution is -0.121. The zero-order valence-electron chi connectivity index (χ0n) is 18.5. The first kappa shape index (κ1) is 26.8. The standard InChI is InChI=1S/C22H37N3O6/c1-2-3-4-21(26)24-9-11-28-13-15-30-17-18-31-16-14-29-12-10-25-22(27)19-5-7-20(23)8-6-19/h5-8H,2-4,9-18,23H2,1H3,(H,24,26)(H,25,27).